The fourth-order valence-electron chi connectivity index (χ4n) is 1.80. The zero-order valence-corrected chi connectivity index (χ0v) is 11.4. The van der Waals surface area contributed by atoms with Gasteiger partial charge in [-0.05, 0) is 30.7 Å². The van der Waals surface area contributed by atoms with Crippen LogP contribution in [-0.4, -0.2) is 25.4 Å². The fourth-order valence-corrected chi connectivity index (χ4v) is 1.80. The Kier molecular flexibility index (Phi) is 6.02. The van der Waals surface area contributed by atoms with Gasteiger partial charge in [-0.2, -0.15) is 0 Å². The number of hydrogen-bond donors (Lipinski definition) is 3. The van der Waals surface area contributed by atoms with Crippen molar-refractivity contribution >= 4 is 17.5 Å². The first-order chi connectivity index (χ1) is 9.12. The number of benzene rings is 1. The summed E-state index contributed by atoms with van der Waals surface area (Å²) in [4.78, 5) is 23.3. The zero-order valence-electron chi connectivity index (χ0n) is 11.4. The summed E-state index contributed by atoms with van der Waals surface area (Å²) in [6, 6.07) is 6.77. The normalized spacial score (nSPS) is 11.7. The number of amides is 2. The smallest absolute Gasteiger partial charge is 0.251 e. The lowest BCUT2D eigenvalue weighted by molar-refractivity contribution is -0.119. The predicted octanol–water partition coefficient (Wildman–Crippen LogP) is 1.36. The molecule has 0 radical (unpaired) electrons. The van der Waals surface area contributed by atoms with E-state index in [0.717, 1.165) is 12.8 Å². The summed E-state index contributed by atoms with van der Waals surface area (Å²) in [6.07, 6.45) is 1.70. The molecule has 1 rings (SSSR count). The van der Waals surface area contributed by atoms with Gasteiger partial charge >= 0.3 is 0 Å². The molecule has 0 fully saturated rings. The molecule has 0 aliphatic rings. The van der Waals surface area contributed by atoms with Gasteiger partial charge in [0.2, 0.25) is 5.91 Å². The summed E-state index contributed by atoms with van der Waals surface area (Å²) in [5.41, 5.74) is 6.81. The van der Waals surface area contributed by atoms with Gasteiger partial charge in [0.15, 0.2) is 0 Å². The summed E-state index contributed by atoms with van der Waals surface area (Å²) < 4.78 is 0. The van der Waals surface area contributed by atoms with E-state index in [0.29, 0.717) is 17.8 Å². The van der Waals surface area contributed by atoms with Gasteiger partial charge in [0.05, 0.1) is 5.92 Å². The predicted molar refractivity (Wildman–Crippen MR) is 75.9 cm³/mol. The van der Waals surface area contributed by atoms with Crippen LogP contribution in [0.15, 0.2) is 24.3 Å². The molecule has 2 amide bonds. The SMILES string of the molecule is CCCC(CN)C(=O)Nc1ccc(C(=O)NC)cc1. The molecule has 0 aliphatic carbocycles. The van der Waals surface area contributed by atoms with Crippen LogP contribution in [0.1, 0.15) is 30.1 Å². The summed E-state index contributed by atoms with van der Waals surface area (Å²) in [7, 11) is 1.58. The zero-order chi connectivity index (χ0) is 14.3. The van der Waals surface area contributed by atoms with E-state index < -0.39 is 0 Å². The lowest BCUT2D eigenvalue weighted by Crippen LogP contribution is -2.29. The molecule has 0 aliphatic heterocycles. The number of nitrogens with two attached hydrogens (primary N) is 1. The molecule has 0 bridgehead atoms. The highest BCUT2D eigenvalue weighted by Crippen LogP contribution is 2.13. The topological polar surface area (TPSA) is 84.2 Å². The second kappa shape index (κ2) is 7.53. The third kappa shape index (κ3) is 4.37. The number of hydrogen-bond acceptors (Lipinski definition) is 3. The van der Waals surface area contributed by atoms with Crippen LogP contribution in [-0.2, 0) is 4.79 Å². The highest BCUT2D eigenvalue weighted by molar-refractivity contribution is 5.96. The van der Waals surface area contributed by atoms with Crippen LogP contribution < -0.4 is 16.4 Å². The van der Waals surface area contributed by atoms with Crippen LogP contribution in [0, 0.1) is 5.92 Å². The second-order valence-corrected chi connectivity index (χ2v) is 4.37. The molecule has 0 aromatic heterocycles. The summed E-state index contributed by atoms with van der Waals surface area (Å²) in [5, 5.41) is 5.35. The number of anilines is 1. The van der Waals surface area contributed by atoms with Gasteiger partial charge in [-0.15, -0.1) is 0 Å². The standard InChI is InChI=1S/C14H21N3O2/c1-3-4-11(9-15)14(19)17-12-7-5-10(6-8-12)13(18)16-2/h5-8,11H,3-4,9,15H2,1-2H3,(H,16,18)(H,17,19). The third-order valence-electron chi connectivity index (χ3n) is 2.93. The molecule has 0 saturated heterocycles. The van der Waals surface area contributed by atoms with Crippen LogP contribution in [0.2, 0.25) is 0 Å². The molecule has 1 aromatic rings. The van der Waals surface area contributed by atoms with Gasteiger partial charge in [-0.1, -0.05) is 13.3 Å². The molecule has 5 nitrogen and oxygen atoms in total. The van der Waals surface area contributed by atoms with E-state index in [4.69, 9.17) is 5.73 Å². The van der Waals surface area contributed by atoms with Crippen molar-refractivity contribution in [2.24, 2.45) is 11.7 Å². The Balaban J connectivity index is 2.67. The minimum atomic E-state index is -0.163. The molecule has 19 heavy (non-hydrogen) atoms. The van der Waals surface area contributed by atoms with Crippen molar-refractivity contribution in [1.82, 2.24) is 5.32 Å². The Morgan fingerprint density at radius 1 is 1.26 bits per heavy atom. The van der Waals surface area contributed by atoms with E-state index in [1.807, 2.05) is 6.92 Å². The van der Waals surface area contributed by atoms with E-state index in [1.165, 1.54) is 0 Å². The van der Waals surface area contributed by atoms with Gasteiger partial charge < -0.3 is 16.4 Å². The van der Waals surface area contributed by atoms with E-state index in [1.54, 1.807) is 31.3 Å². The first kappa shape index (κ1) is 15.2. The van der Waals surface area contributed by atoms with Crippen molar-refractivity contribution in [3.05, 3.63) is 29.8 Å². The summed E-state index contributed by atoms with van der Waals surface area (Å²) in [6.45, 7) is 2.37. The van der Waals surface area contributed by atoms with Gasteiger partial charge in [0.25, 0.3) is 5.91 Å². The van der Waals surface area contributed by atoms with Gasteiger partial charge in [0.1, 0.15) is 0 Å². The maximum Gasteiger partial charge on any atom is 0.251 e. The van der Waals surface area contributed by atoms with Crippen LogP contribution in [0.3, 0.4) is 0 Å². The Hall–Kier alpha value is -1.88. The van der Waals surface area contributed by atoms with Crippen molar-refractivity contribution in [3.8, 4) is 0 Å². The third-order valence-corrected chi connectivity index (χ3v) is 2.93. The van der Waals surface area contributed by atoms with Crippen LogP contribution in [0.5, 0.6) is 0 Å². The Morgan fingerprint density at radius 3 is 2.37 bits per heavy atom. The molecule has 1 aromatic carbocycles. The Labute approximate surface area is 113 Å². The quantitative estimate of drug-likeness (QED) is 0.724. The molecule has 0 heterocycles. The summed E-state index contributed by atoms with van der Waals surface area (Å²) >= 11 is 0. The van der Waals surface area contributed by atoms with Gasteiger partial charge in [-0.25, -0.2) is 0 Å². The second-order valence-electron chi connectivity index (χ2n) is 4.37. The van der Waals surface area contributed by atoms with Gasteiger partial charge in [0, 0.05) is 24.8 Å². The number of carbonyl (C=O) groups excluding carboxylic acids is 2. The van der Waals surface area contributed by atoms with Crippen LogP contribution in [0.4, 0.5) is 5.69 Å². The fraction of sp³-hybridized carbons (Fsp3) is 0.429. The van der Waals surface area contributed by atoms with E-state index >= 15 is 0 Å². The molecule has 1 unspecified atom stereocenters. The first-order valence-electron chi connectivity index (χ1n) is 6.45. The average molecular weight is 263 g/mol. The van der Waals surface area contributed by atoms with Crippen molar-refractivity contribution < 1.29 is 9.59 Å². The molecular formula is C14H21N3O2. The van der Waals surface area contributed by atoms with Gasteiger partial charge in [-0.3, -0.25) is 9.59 Å². The Bertz CT molecular complexity index is 429. The minimum absolute atomic E-state index is 0.0722. The first-order valence-corrected chi connectivity index (χ1v) is 6.45. The number of nitrogens with one attached hydrogen (secondary N) is 2. The minimum Gasteiger partial charge on any atom is -0.355 e. The monoisotopic (exact) mass is 263 g/mol. The molecular weight excluding hydrogens is 242 g/mol. The van der Waals surface area contributed by atoms with E-state index in [2.05, 4.69) is 10.6 Å². The van der Waals surface area contributed by atoms with Crippen LogP contribution in [0.25, 0.3) is 0 Å². The highest BCUT2D eigenvalue weighted by Gasteiger charge is 2.15. The maximum atomic E-state index is 11.9. The summed E-state index contributed by atoms with van der Waals surface area (Å²) in [5.74, 6) is -0.385. The van der Waals surface area contributed by atoms with E-state index in [-0.39, 0.29) is 17.7 Å². The molecule has 0 spiro atoms. The number of carbonyl (C=O) groups is 2. The molecule has 1 atom stereocenters. The average Bonchev–Trinajstić information content (AvgIpc) is 2.44. The molecule has 0 saturated carbocycles. The van der Waals surface area contributed by atoms with Crippen molar-refractivity contribution in [1.29, 1.82) is 0 Å². The van der Waals surface area contributed by atoms with Crippen molar-refractivity contribution in [2.75, 3.05) is 18.9 Å². The van der Waals surface area contributed by atoms with Crippen molar-refractivity contribution in [2.45, 2.75) is 19.8 Å². The lowest BCUT2D eigenvalue weighted by atomic mass is 10.0. The molecule has 5 heteroatoms. The lowest BCUT2D eigenvalue weighted by Gasteiger charge is -2.14. The molecule has 104 valence electrons. The van der Waals surface area contributed by atoms with Crippen molar-refractivity contribution in [3.63, 3.8) is 0 Å². The van der Waals surface area contributed by atoms with E-state index in [9.17, 15) is 9.59 Å². The largest absolute Gasteiger partial charge is 0.355 e. The van der Waals surface area contributed by atoms with Crippen LogP contribution >= 0.6 is 0 Å². The maximum absolute atomic E-state index is 11.9. The Morgan fingerprint density at radius 2 is 1.89 bits per heavy atom. The molecule has 4 N–H and O–H groups in total. The number of rotatable bonds is 6. The highest BCUT2D eigenvalue weighted by atomic mass is 16.2.